The van der Waals surface area contributed by atoms with Crippen LogP contribution >= 0.6 is 0 Å². The molecule has 126 valence electrons. The Kier molecular flexibility index (Phi) is 4.94. The zero-order valence-corrected chi connectivity index (χ0v) is 15.5. The van der Waals surface area contributed by atoms with Crippen LogP contribution in [0.25, 0.3) is 0 Å². The molecule has 0 saturated heterocycles. The summed E-state index contributed by atoms with van der Waals surface area (Å²) in [5.41, 5.74) is 2.44. The Morgan fingerprint density at radius 2 is 0.692 bits per heavy atom. The van der Waals surface area contributed by atoms with E-state index in [-0.39, 0.29) is 0 Å². The fraction of sp³-hybridized carbons (Fsp3) is 0. The molecule has 0 aliphatic rings. The highest BCUT2D eigenvalue weighted by Gasteiger charge is 2.12. The molecule has 4 rings (SSSR count). The summed E-state index contributed by atoms with van der Waals surface area (Å²) in [6, 6.07) is 43.1. The van der Waals surface area contributed by atoms with E-state index in [1.165, 1.54) is 21.7 Å². The number of hydrogen-bond acceptors (Lipinski definition) is 1. The number of benzene rings is 4. The van der Waals surface area contributed by atoms with E-state index in [1.807, 2.05) is 0 Å². The van der Waals surface area contributed by atoms with Crippen LogP contribution in [0.4, 0.5) is 11.4 Å². The number of nitrogens with zero attached hydrogens (tertiary/aromatic N) is 1. The van der Waals surface area contributed by atoms with Crippen molar-refractivity contribution in [3.63, 3.8) is 0 Å². The van der Waals surface area contributed by atoms with Crippen molar-refractivity contribution in [3.05, 3.63) is 121 Å². The summed E-state index contributed by atoms with van der Waals surface area (Å²) in [6.45, 7) is 0. The average molecular weight is 351 g/mol. The van der Waals surface area contributed by atoms with E-state index in [0.717, 1.165) is 0 Å². The van der Waals surface area contributed by atoms with Crippen molar-refractivity contribution < 1.29 is 0 Å². The van der Waals surface area contributed by atoms with Crippen molar-refractivity contribution in [1.82, 2.24) is 0 Å². The van der Waals surface area contributed by atoms with E-state index < -0.39 is 8.96 Å². The lowest BCUT2D eigenvalue weighted by Crippen LogP contribution is -2.54. The van der Waals surface area contributed by atoms with Crippen molar-refractivity contribution in [1.29, 1.82) is 0 Å². The molecule has 4 aromatic rings. The largest absolute Gasteiger partial charge is 0.493 e. The summed E-state index contributed by atoms with van der Waals surface area (Å²) < 4.78 is 2.51. The zero-order chi connectivity index (χ0) is 17.6. The highest BCUT2D eigenvalue weighted by atomic mass is 28.3. The Morgan fingerprint density at radius 1 is 0.385 bits per heavy atom. The molecule has 0 aliphatic heterocycles. The van der Waals surface area contributed by atoms with Crippen molar-refractivity contribution >= 4 is 30.7 Å². The predicted molar refractivity (Wildman–Crippen MR) is 113 cm³/mol. The van der Waals surface area contributed by atoms with Gasteiger partial charge in [-0.3, -0.25) is 0 Å². The zero-order valence-electron chi connectivity index (χ0n) is 14.5. The third-order valence-electron chi connectivity index (χ3n) is 4.35. The lowest BCUT2D eigenvalue weighted by Gasteiger charge is -2.47. The van der Waals surface area contributed by atoms with Gasteiger partial charge in [-0.2, -0.15) is 10.4 Å². The van der Waals surface area contributed by atoms with Gasteiger partial charge in [-0.15, -0.1) is 8.96 Å². The van der Waals surface area contributed by atoms with Gasteiger partial charge in [0, 0.05) is 11.4 Å². The molecule has 0 heterocycles. The van der Waals surface area contributed by atoms with Gasteiger partial charge in [-0.05, 0) is 24.3 Å². The first-order chi connectivity index (χ1) is 12.9. The molecule has 0 amide bonds. The van der Waals surface area contributed by atoms with E-state index in [1.54, 1.807) is 0 Å². The molecule has 0 spiro atoms. The van der Waals surface area contributed by atoms with E-state index in [2.05, 4.69) is 126 Å². The first-order valence-corrected chi connectivity index (χ1v) is 10.3. The van der Waals surface area contributed by atoms with E-state index >= 15 is 0 Å². The van der Waals surface area contributed by atoms with E-state index in [0.29, 0.717) is 0 Å². The van der Waals surface area contributed by atoms with Crippen LogP contribution in [-0.2, 0) is 0 Å². The first kappa shape index (κ1) is 16.4. The van der Waals surface area contributed by atoms with Crippen molar-refractivity contribution in [2.24, 2.45) is 0 Å². The van der Waals surface area contributed by atoms with Crippen LogP contribution in [0.2, 0.25) is 0 Å². The second-order valence-electron chi connectivity index (χ2n) is 6.09. The molecule has 0 fully saturated rings. The summed E-state index contributed by atoms with van der Waals surface area (Å²) in [4.78, 5) is 0. The Labute approximate surface area is 156 Å². The molecule has 0 aliphatic carbocycles. The maximum atomic E-state index is 2.51. The van der Waals surface area contributed by atoms with Crippen LogP contribution in [0.1, 0.15) is 0 Å². The summed E-state index contributed by atoms with van der Waals surface area (Å²) in [7, 11) is -1.21. The maximum Gasteiger partial charge on any atom is 0.00669 e. The van der Waals surface area contributed by atoms with E-state index in [4.69, 9.17) is 0 Å². The highest BCUT2D eigenvalue weighted by molar-refractivity contribution is 6.89. The van der Waals surface area contributed by atoms with Crippen LogP contribution in [0.3, 0.4) is 0 Å². The number of para-hydroxylation sites is 2. The normalized spacial score (nSPS) is 10.3. The molecule has 4 aromatic carbocycles. The Morgan fingerprint density at radius 3 is 1.04 bits per heavy atom. The third kappa shape index (κ3) is 3.46. The van der Waals surface area contributed by atoms with Crippen molar-refractivity contribution in [3.8, 4) is 0 Å². The summed E-state index contributed by atoms with van der Waals surface area (Å²) in [5.74, 6) is 0. The fourth-order valence-electron chi connectivity index (χ4n) is 3.18. The second kappa shape index (κ2) is 7.85. The fourth-order valence-corrected chi connectivity index (χ4v) is 5.86. The number of rotatable bonds is 5. The minimum Gasteiger partial charge on any atom is -0.493 e. The minimum absolute atomic E-state index is 1.21. The molecule has 0 bridgehead atoms. The van der Waals surface area contributed by atoms with Gasteiger partial charge in [0.15, 0.2) is 0 Å². The number of hydrogen-bond donors (Lipinski definition) is 0. The van der Waals surface area contributed by atoms with Crippen LogP contribution in [0, 0.1) is 0 Å². The van der Waals surface area contributed by atoms with Gasteiger partial charge >= 0.3 is 0 Å². The van der Waals surface area contributed by atoms with Gasteiger partial charge in [0.05, 0.1) is 0 Å². The molecule has 0 radical (unpaired) electrons. The molecular weight excluding hydrogens is 330 g/mol. The van der Waals surface area contributed by atoms with Crippen molar-refractivity contribution in [2.75, 3.05) is 4.57 Å². The summed E-state index contributed by atoms with van der Waals surface area (Å²) in [6.07, 6.45) is 0. The van der Waals surface area contributed by atoms with Crippen LogP contribution in [-0.4, -0.2) is 8.96 Å². The topological polar surface area (TPSA) is 3.24 Å². The molecule has 1 nitrogen and oxygen atoms in total. The van der Waals surface area contributed by atoms with Crippen LogP contribution in [0.5, 0.6) is 0 Å². The van der Waals surface area contributed by atoms with Crippen molar-refractivity contribution in [2.45, 2.75) is 0 Å². The second-order valence-corrected chi connectivity index (χ2v) is 8.39. The van der Waals surface area contributed by atoms with E-state index in [9.17, 15) is 0 Å². The quantitative estimate of drug-likeness (QED) is 0.474. The Bertz CT molecular complexity index is 765. The predicted octanol–water partition coefficient (Wildman–Crippen LogP) is 4.63. The van der Waals surface area contributed by atoms with Gasteiger partial charge in [0.25, 0.3) is 0 Å². The molecule has 26 heavy (non-hydrogen) atoms. The lowest BCUT2D eigenvalue weighted by molar-refractivity contribution is 1.38. The summed E-state index contributed by atoms with van der Waals surface area (Å²) >= 11 is 0. The molecule has 0 saturated carbocycles. The van der Waals surface area contributed by atoms with Gasteiger partial charge < -0.3 is 4.57 Å². The standard InChI is InChI=1S/C24H20NSi/c1-5-13-21(14-6-1)25(22-15-7-2-8-16-22)26(23-17-9-3-10-18-23)24-19-11-4-12-20-24/h1-20H/q-1. The Balaban J connectivity index is 1.93. The van der Waals surface area contributed by atoms with Gasteiger partial charge in [-0.1, -0.05) is 97.1 Å². The average Bonchev–Trinajstić information content (AvgIpc) is 2.74. The Hall–Kier alpha value is -3.10. The molecule has 2 heteroatoms. The smallest absolute Gasteiger partial charge is 0.00669 e. The molecule has 0 unspecified atom stereocenters. The highest BCUT2D eigenvalue weighted by Crippen LogP contribution is 2.26. The molecule has 0 atom stereocenters. The third-order valence-corrected chi connectivity index (χ3v) is 7.07. The van der Waals surface area contributed by atoms with Gasteiger partial charge in [0.1, 0.15) is 0 Å². The minimum atomic E-state index is -1.21. The molecule has 0 N–H and O–H groups in total. The monoisotopic (exact) mass is 350 g/mol. The molecule has 0 aromatic heterocycles. The van der Waals surface area contributed by atoms with Gasteiger partial charge in [0.2, 0.25) is 0 Å². The summed E-state index contributed by atoms with van der Waals surface area (Å²) in [5, 5.41) is 2.74. The lowest BCUT2D eigenvalue weighted by atomic mass is 10.3. The van der Waals surface area contributed by atoms with Crippen LogP contribution < -0.4 is 14.9 Å². The van der Waals surface area contributed by atoms with Crippen LogP contribution in [0.15, 0.2) is 121 Å². The maximum absolute atomic E-state index is 2.51. The SMILES string of the molecule is c1ccc(N(c2ccccc2)[Si-](c2ccccc2)c2ccccc2)cc1. The molecular formula is C24H20NSi-. The first-order valence-electron chi connectivity index (χ1n) is 8.81. The van der Waals surface area contributed by atoms with Gasteiger partial charge in [-0.25, -0.2) is 0 Å². The number of anilines is 2.